The van der Waals surface area contributed by atoms with E-state index in [0.29, 0.717) is 11.3 Å². The van der Waals surface area contributed by atoms with Crippen molar-refractivity contribution in [3.63, 3.8) is 0 Å². The first kappa shape index (κ1) is 16.2. The number of rotatable bonds is 6. The molecule has 0 saturated carbocycles. The van der Waals surface area contributed by atoms with E-state index in [1.165, 1.54) is 11.3 Å². The van der Waals surface area contributed by atoms with Crippen molar-refractivity contribution >= 4 is 23.2 Å². The maximum atomic E-state index is 12.0. The minimum Gasteiger partial charge on any atom is -0.481 e. The predicted octanol–water partition coefficient (Wildman–Crippen LogP) is 3.04. The Morgan fingerprint density at radius 3 is 2.59 bits per heavy atom. The van der Waals surface area contributed by atoms with Crippen LogP contribution in [-0.2, 0) is 11.2 Å². The molecule has 0 aliphatic carbocycles. The number of carbonyl (C=O) groups is 2. The molecule has 0 spiro atoms. The second kappa shape index (κ2) is 7.22. The molecular weight excluding hydrogens is 298 g/mol. The lowest BCUT2D eigenvalue weighted by atomic mass is 9.98. The van der Waals surface area contributed by atoms with Gasteiger partial charge in [0.1, 0.15) is 0 Å². The Balaban J connectivity index is 1.97. The highest BCUT2D eigenvalue weighted by molar-refractivity contribution is 7.13. The molecule has 0 aliphatic heterocycles. The second-order valence-electron chi connectivity index (χ2n) is 5.35. The Morgan fingerprint density at radius 2 is 2.00 bits per heavy atom. The zero-order valence-corrected chi connectivity index (χ0v) is 13.4. The van der Waals surface area contributed by atoms with Gasteiger partial charge in [0, 0.05) is 11.4 Å². The molecule has 1 amide bonds. The van der Waals surface area contributed by atoms with Gasteiger partial charge in [0.05, 0.1) is 10.8 Å². The maximum Gasteiger partial charge on any atom is 0.308 e. The predicted molar refractivity (Wildman–Crippen MR) is 87.4 cm³/mol. The molecule has 5 heteroatoms. The van der Waals surface area contributed by atoms with Crippen LogP contribution in [0.5, 0.6) is 0 Å². The van der Waals surface area contributed by atoms with Crippen LogP contribution in [0, 0.1) is 19.8 Å². The van der Waals surface area contributed by atoms with Gasteiger partial charge in [-0.25, -0.2) is 0 Å². The van der Waals surface area contributed by atoms with E-state index < -0.39 is 11.9 Å². The number of carbonyl (C=O) groups excluding carboxylic acids is 1. The topological polar surface area (TPSA) is 66.4 Å². The number of hydrogen-bond acceptors (Lipinski definition) is 3. The van der Waals surface area contributed by atoms with Gasteiger partial charge in [0.25, 0.3) is 5.91 Å². The normalized spacial score (nSPS) is 11.9. The van der Waals surface area contributed by atoms with Gasteiger partial charge < -0.3 is 10.4 Å². The fraction of sp³-hybridized carbons (Fsp3) is 0.294. The van der Waals surface area contributed by atoms with Crippen molar-refractivity contribution in [3.05, 3.63) is 57.3 Å². The summed E-state index contributed by atoms with van der Waals surface area (Å²) in [6.07, 6.45) is 0.404. The molecule has 0 fully saturated rings. The van der Waals surface area contributed by atoms with Crippen LogP contribution in [0.25, 0.3) is 0 Å². The first-order valence-electron chi connectivity index (χ1n) is 7.08. The van der Waals surface area contributed by atoms with Crippen LogP contribution >= 0.6 is 11.3 Å². The largest absolute Gasteiger partial charge is 0.481 e. The molecule has 116 valence electrons. The van der Waals surface area contributed by atoms with Gasteiger partial charge in [0.15, 0.2) is 0 Å². The summed E-state index contributed by atoms with van der Waals surface area (Å²) in [6, 6.07) is 11.4. The van der Waals surface area contributed by atoms with E-state index in [1.807, 2.05) is 44.2 Å². The van der Waals surface area contributed by atoms with E-state index >= 15 is 0 Å². The van der Waals surface area contributed by atoms with Gasteiger partial charge in [-0.15, -0.1) is 11.3 Å². The zero-order chi connectivity index (χ0) is 16.1. The zero-order valence-electron chi connectivity index (χ0n) is 12.6. The molecule has 1 aromatic carbocycles. The molecule has 0 saturated heterocycles. The van der Waals surface area contributed by atoms with Crippen LogP contribution in [0.4, 0.5) is 0 Å². The SMILES string of the molecule is Cc1cccc(CC(CNC(=O)c2ccc(C)s2)C(=O)O)c1. The summed E-state index contributed by atoms with van der Waals surface area (Å²) in [6.45, 7) is 4.03. The number of thiophene rings is 1. The standard InChI is InChI=1S/C17H19NO3S/c1-11-4-3-5-13(8-11)9-14(17(20)21)10-18-16(19)15-7-6-12(2)22-15/h3-8,14H,9-10H2,1-2H3,(H,18,19)(H,20,21). The van der Waals surface area contributed by atoms with Gasteiger partial charge in [0.2, 0.25) is 0 Å². The first-order valence-corrected chi connectivity index (χ1v) is 7.90. The summed E-state index contributed by atoms with van der Waals surface area (Å²) >= 11 is 1.40. The molecule has 0 aliphatic rings. The smallest absolute Gasteiger partial charge is 0.308 e. The summed E-state index contributed by atoms with van der Waals surface area (Å²) in [5.41, 5.74) is 2.06. The van der Waals surface area contributed by atoms with Crippen LogP contribution in [0.1, 0.15) is 25.7 Å². The van der Waals surface area contributed by atoms with Crippen molar-refractivity contribution in [3.8, 4) is 0 Å². The molecule has 22 heavy (non-hydrogen) atoms. The summed E-state index contributed by atoms with van der Waals surface area (Å²) in [4.78, 5) is 25.1. The molecule has 1 aromatic heterocycles. The number of nitrogens with one attached hydrogen (secondary N) is 1. The Bertz CT molecular complexity index is 678. The van der Waals surface area contributed by atoms with Crippen LogP contribution in [0.2, 0.25) is 0 Å². The number of aryl methyl sites for hydroxylation is 2. The summed E-state index contributed by atoms with van der Waals surface area (Å²) < 4.78 is 0. The Hall–Kier alpha value is -2.14. The van der Waals surface area contributed by atoms with E-state index in [-0.39, 0.29) is 12.5 Å². The molecule has 1 heterocycles. The molecule has 0 radical (unpaired) electrons. The number of benzene rings is 1. The third-order valence-corrected chi connectivity index (χ3v) is 4.39. The summed E-state index contributed by atoms with van der Waals surface area (Å²) in [5, 5.41) is 12.1. The Kier molecular flexibility index (Phi) is 5.33. The van der Waals surface area contributed by atoms with Crippen LogP contribution < -0.4 is 5.32 Å². The highest BCUT2D eigenvalue weighted by Gasteiger charge is 2.19. The molecule has 1 atom stereocenters. The number of amides is 1. The Labute approximate surface area is 133 Å². The molecule has 1 unspecified atom stereocenters. The quantitative estimate of drug-likeness (QED) is 0.860. The minimum absolute atomic E-state index is 0.124. The van der Waals surface area contributed by atoms with E-state index in [4.69, 9.17) is 0 Å². The highest BCUT2D eigenvalue weighted by atomic mass is 32.1. The fourth-order valence-electron chi connectivity index (χ4n) is 2.23. The lowest BCUT2D eigenvalue weighted by molar-refractivity contribution is -0.141. The van der Waals surface area contributed by atoms with Gasteiger partial charge >= 0.3 is 5.97 Å². The molecule has 2 N–H and O–H groups in total. The van der Waals surface area contributed by atoms with E-state index in [2.05, 4.69) is 5.32 Å². The molecular formula is C17H19NO3S. The van der Waals surface area contributed by atoms with Crippen molar-refractivity contribution in [2.45, 2.75) is 20.3 Å². The van der Waals surface area contributed by atoms with Crippen molar-refractivity contribution in [1.82, 2.24) is 5.32 Å². The number of aliphatic carboxylic acids is 1. The van der Waals surface area contributed by atoms with Gasteiger partial charge in [-0.3, -0.25) is 9.59 Å². The summed E-state index contributed by atoms with van der Waals surface area (Å²) in [5.74, 6) is -1.75. The van der Waals surface area contributed by atoms with Gasteiger partial charge in [-0.2, -0.15) is 0 Å². The molecule has 4 nitrogen and oxygen atoms in total. The molecule has 2 aromatic rings. The van der Waals surface area contributed by atoms with Crippen LogP contribution in [0.15, 0.2) is 36.4 Å². The van der Waals surface area contributed by atoms with Crippen molar-refractivity contribution in [2.75, 3.05) is 6.54 Å². The molecule has 2 rings (SSSR count). The number of carboxylic acids is 1. The number of hydrogen-bond donors (Lipinski definition) is 2. The maximum absolute atomic E-state index is 12.0. The van der Waals surface area contributed by atoms with Crippen LogP contribution in [0.3, 0.4) is 0 Å². The van der Waals surface area contributed by atoms with E-state index in [0.717, 1.165) is 16.0 Å². The third kappa shape index (κ3) is 4.43. The van der Waals surface area contributed by atoms with E-state index in [1.54, 1.807) is 6.07 Å². The lowest BCUT2D eigenvalue weighted by Crippen LogP contribution is -2.33. The highest BCUT2D eigenvalue weighted by Crippen LogP contribution is 2.15. The third-order valence-electron chi connectivity index (χ3n) is 3.39. The minimum atomic E-state index is -0.899. The number of carboxylic acid groups (broad SMARTS) is 1. The van der Waals surface area contributed by atoms with Crippen LogP contribution in [-0.4, -0.2) is 23.5 Å². The van der Waals surface area contributed by atoms with Crippen molar-refractivity contribution in [1.29, 1.82) is 0 Å². The first-order chi connectivity index (χ1) is 10.5. The van der Waals surface area contributed by atoms with Crippen molar-refractivity contribution in [2.24, 2.45) is 5.92 Å². The van der Waals surface area contributed by atoms with Gasteiger partial charge in [-0.05, 0) is 38.0 Å². The second-order valence-corrected chi connectivity index (χ2v) is 6.64. The monoisotopic (exact) mass is 317 g/mol. The Morgan fingerprint density at radius 1 is 1.23 bits per heavy atom. The molecule has 0 bridgehead atoms. The van der Waals surface area contributed by atoms with Gasteiger partial charge in [-0.1, -0.05) is 29.8 Å². The summed E-state index contributed by atoms with van der Waals surface area (Å²) in [7, 11) is 0. The van der Waals surface area contributed by atoms with E-state index in [9.17, 15) is 14.7 Å². The van der Waals surface area contributed by atoms with Crippen molar-refractivity contribution < 1.29 is 14.7 Å². The fourth-order valence-corrected chi connectivity index (χ4v) is 3.01. The average molecular weight is 317 g/mol. The lowest BCUT2D eigenvalue weighted by Gasteiger charge is -2.13. The average Bonchev–Trinajstić information content (AvgIpc) is 2.89.